The molecule has 1 fully saturated rings. The van der Waals surface area contributed by atoms with E-state index < -0.39 is 18.4 Å². The Bertz CT molecular complexity index is 757. The van der Waals surface area contributed by atoms with E-state index in [1.54, 1.807) is 10.9 Å². The number of aliphatic hydroxyl groups excluding tert-OH is 1. The Balaban J connectivity index is 2.02. The van der Waals surface area contributed by atoms with Crippen LogP contribution in [0.1, 0.15) is 12.6 Å². The molecule has 0 bridgehead atoms. The number of ether oxygens (including phenoxy) is 3. The van der Waals surface area contributed by atoms with Crippen molar-refractivity contribution in [1.29, 1.82) is 0 Å². The van der Waals surface area contributed by atoms with Crippen LogP contribution >= 0.6 is 0 Å². The molecule has 122 valence electrons. The smallest absolute Gasteiger partial charge is 0.321 e. The summed E-state index contributed by atoms with van der Waals surface area (Å²) in [6.07, 6.45) is 0.893. The number of imidazole rings is 1. The number of aromatic nitrogens is 4. The highest BCUT2D eigenvalue weighted by molar-refractivity contribution is 5.76. The minimum atomic E-state index is -0.570. The molecule has 1 N–H and O–H groups in total. The summed E-state index contributed by atoms with van der Waals surface area (Å²) in [4.78, 5) is 15.4. The first-order valence-corrected chi connectivity index (χ1v) is 6.84. The van der Waals surface area contributed by atoms with E-state index in [2.05, 4.69) is 25.0 Å². The predicted molar refractivity (Wildman–Crippen MR) is 77.0 cm³/mol. The lowest BCUT2D eigenvalue weighted by molar-refractivity contribution is -0.0233. The minimum Gasteiger partial charge on any atom is -0.479 e. The van der Waals surface area contributed by atoms with E-state index in [9.17, 15) is 5.11 Å². The first-order valence-electron chi connectivity index (χ1n) is 6.84. The van der Waals surface area contributed by atoms with Crippen molar-refractivity contribution in [2.75, 3.05) is 20.8 Å². The SMILES string of the molecule is COc1nc(OC)c2ncn([C@H]3C[C@H](N=[N+]=[N-])[C@@H](CO)O3)c2n1. The number of hydrogen-bond acceptors (Lipinski definition) is 8. The van der Waals surface area contributed by atoms with Crippen LogP contribution in [0.25, 0.3) is 21.6 Å². The van der Waals surface area contributed by atoms with Crippen LogP contribution in [-0.2, 0) is 4.74 Å². The fraction of sp³-hybridized carbons (Fsp3) is 0.583. The van der Waals surface area contributed by atoms with Crippen molar-refractivity contribution in [2.24, 2.45) is 5.11 Å². The molecule has 3 rings (SSSR count). The van der Waals surface area contributed by atoms with Gasteiger partial charge in [0.15, 0.2) is 11.2 Å². The molecule has 23 heavy (non-hydrogen) atoms. The molecule has 3 heterocycles. The van der Waals surface area contributed by atoms with Crippen LogP contribution in [-0.4, -0.2) is 57.6 Å². The standard InChI is InChI=1S/C12H15N7O4/c1-21-11-9-10(15-12(16-11)22-2)19(5-14-9)8-3-6(17-18-13)7(4-20)23-8/h5-8,20H,3-4H2,1-2H3/t6-,7+,8+/m0/s1. The van der Waals surface area contributed by atoms with Crippen LogP contribution in [0.5, 0.6) is 11.9 Å². The number of methoxy groups -OCH3 is 2. The van der Waals surface area contributed by atoms with E-state index in [4.69, 9.17) is 19.7 Å². The average molecular weight is 321 g/mol. The van der Waals surface area contributed by atoms with E-state index >= 15 is 0 Å². The molecular weight excluding hydrogens is 306 g/mol. The zero-order valence-electron chi connectivity index (χ0n) is 12.5. The molecule has 0 aliphatic carbocycles. The topological polar surface area (TPSA) is 140 Å². The third-order valence-corrected chi connectivity index (χ3v) is 3.64. The first-order chi connectivity index (χ1) is 11.2. The molecule has 1 aliphatic rings. The van der Waals surface area contributed by atoms with E-state index in [1.807, 2.05) is 0 Å². The summed E-state index contributed by atoms with van der Waals surface area (Å²) >= 11 is 0. The lowest BCUT2D eigenvalue weighted by Gasteiger charge is -2.14. The lowest BCUT2D eigenvalue weighted by Crippen LogP contribution is -2.22. The monoisotopic (exact) mass is 321 g/mol. The van der Waals surface area contributed by atoms with Gasteiger partial charge in [-0.1, -0.05) is 5.11 Å². The number of nitrogens with zero attached hydrogens (tertiary/aromatic N) is 7. The summed E-state index contributed by atoms with van der Waals surface area (Å²) in [5.41, 5.74) is 9.55. The van der Waals surface area contributed by atoms with Crippen molar-refractivity contribution >= 4 is 11.2 Å². The summed E-state index contributed by atoms with van der Waals surface area (Å²) < 4.78 is 17.7. The molecule has 3 atom stereocenters. The Morgan fingerprint density at radius 1 is 1.48 bits per heavy atom. The van der Waals surface area contributed by atoms with Crippen molar-refractivity contribution in [3.8, 4) is 11.9 Å². The van der Waals surface area contributed by atoms with Gasteiger partial charge in [0.1, 0.15) is 6.23 Å². The molecule has 0 amide bonds. The third kappa shape index (κ3) is 2.61. The molecule has 2 aromatic heterocycles. The van der Waals surface area contributed by atoms with Crippen LogP contribution in [0.15, 0.2) is 11.4 Å². The van der Waals surface area contributed by atoms with Crippen molar-refractivity contribution < 1.29 is 19.3 Å². The Hall–Kier alpha value is -2.62. The fourth-order valence-electron chi connectivity index (χ4n) is 2.55. The Morgan fingerprint density at radius 3 is 2.96 bits per heavy atom. The van der Waals surface area contributed by atoms with Crippen LogP contribution in [0, 0.1) is 0 Å². The quantitative estimate of drug-likeness (QED) is 0.488. The van der Waals surface area contributed by atoms with E-state index in [0.717, 1.165) is 0 Å². The second kappa shape index (κ2) is 6.24. The number of azide groups is 1. The van der Waals surface area contributed by atoms with Crippen molar-refractivity contribution in [3.63, 3.8) is 0 Å². The van der Waals surface area contributed by atoms with Crippen molar-refractivity contribution in [3.05, 3.63) is 16.8 Å². The number of rotatable bonds is 5. The van der Waals surface area contributed by atoms with Gasteiger partial charge in [0.05, 0.1) is 39.3 Å². The van der Waals surface area contributed by atoms with E-state index in [-0.39, 0.29) is 18.5 Å². The van der Waals surface area contributed by atoms with Gasteiger partial charge in [-0.2, -0.15) is 9.97 Å². The summed E-state index contributed by atoms with van der Waals surface area (Å²) in [6, 6.07) is -0.322. The molecule has 1 saturated heterocycles. The molecule has 1 aliphatic heterocycles. The maximum absolute atomic E-state index is 9.36. The van der Waals surface area contributed by atoms with Crippen LogP contribution in [0.4, 0.5) is 0 Å². The highest BCUT2D eigenvalue weighted by atomic mass is 16.5. The Morgan fingerprint density at radius 2 is 2.30 bits per heavy atom. The van der Waals surface area contributed by atoms with Crippen molar-refractivity contribution in [1.82, 2.24) is 19.5 Å². The second-order valence-corrected chi connectivity index (χ2v) is 4.86. The van der Waals surface area contributed by atoms with Crippen LogP contribution in [0.3, 0.4) is 0 Å². The predicted octanol–water partition coefficient (Wildman–Crippen LogP) is 0.802. The molecule has 0 aromatic carbocycles. The third-order valence-electron chi connectivity index (χ3n) is 3.64. The van der Waals surface area contributed by atoms with Gasteiger partial charge in [-0.25, -0.2) is 4.98 Å². The Kier molecular flexibility index (Phi) is 4.15. The van der Waals surface area contributed by atoms with Gasteiger partial charge >= 0.3 is 6.01 Å². The zero-order chi connectivity index (χ0) is 16.4. The number of aliphatic hydroxyl groups is 1. The molecule has 2 aromatic rings. The number of fused-ring (bicyclic) bond motifs is 1. The maximum atomic E-state index is 9.36. The molecule has 0 spiro atoms. The van der Waals surface area contributed by atoms with Crippen LogP contribution in [0.2, 0.25) is 0 Å². The molecule has 0 radical (unpaired) electrons. The highest BCUT2D eigenvalue weighted by Crippen LogP contribution is 2.34. The first kappa shape index (κ1) is 15.3. The van der Waals surface area contributed by atoms with Gasteiger partial charge in [0.25, 0.3) is 0 Å². The fourth-order valence-corrected chi connectivity index (χ4v) is 2.55. The van der Waals surface area contributed by atoms with Gasteiger partial charge in [-0.15, -0.1) is 0 Å². The van der Waals surface area contributed by atoms with Crippen molar-refractivity contribution in [2.45, 2.75) is 24.8 Å². The second-order valence-electron chi connectivity index (χ2n) is 4.86. The van der Waals surface area contributed by atoms with Gasteiger partial charge in [0.2, 0.25) is 5.88 Å². The molecule has 0 saturated carbocycles. The summed E-state index contributed by atoms with van der Waals surface area (Å²) in [6.45, 7) is -0.242. The normalized spacial score (nSPS) is 23.7. The molecule has 11 heteroatoms. The van der Waals surface area contributed by atoms with E-state index in [1.165, 1.54) is 14.2 Å². The lowest BCUT2D eigenvalue weighted by atomic mass is 10.1. The average Bonchev–Trinajstić information content (AvgIpc) is 3.17. The molecule has 0 unspecified atom stereocenters. The summed E-state index contributed by atoms with van der Waals surface area (Å²) in [7, 11) is 2.93. The molecular formula is C12H15N7O4. The summed E-state index contributed by atoms with van der Waals surface area (Å²) in [5.74, 6) is 0.286. The summed E-state index contributed by atoms with van der Waals surface area (Å²) in [5, 5.41) is 13.0. The number of hydrogen-bond donors (Lipinski definition) is 1. The maximum Gasteiger partial charge on any atom is 0.321 e. The molecule has 11 nitrogen and oxygen atoms in total. The zero-order valence-corrected chi connectivity index (χ0v) is 12.5. The van der Waals surface area contributed by atoms with Gasteiger partial charge in [0, 0.05) is 11.3 Å². The minimum absolute atomic E-state index is 0.138. The largest absolute Gasteiger partial charge is 0.479 e. The van der Waals surface area contributed by atoms with Gasteiger partial charge in [-0.05, 0) is 5.53 Å². The van der Waals surface area contributed by atoms with Gasteiger partial charge in [-0.3, -0.25) is 4.57 Å². The van der Waals surface area contributed by atoms with Crippen LogP contribution < -0.4 is 9.47 Å². The Labute approximate surface area is 130 Å². The van der Waals surface area contributed by atoms with E-state index in [0.29, 0.717) is 17.6 Å². The van der Waals surface area contributed by atoms with Gasteiger partial charge < -0.3 is 19.3 Å². The highest BCUT2D eigenvalue weighted by Gasteiger charge is 2.36.